The standard InChI is InChI=1S/C31H45N3O6/c1-9-34(7)27-21(5)17-24-28(36)23(27)15-18(2)13-14-25(35)20(4)16-22(6)29(40-31(32)38)26(39-8)12-10-11-19(3)30(37)33-24/h10-12,16-18,20,25-26,29,35H,5,9,13-15H2,1-4,6-8H3,(H2,32,38)(H,33,37)/b12-10-,19-11+,22-16+/t18-,20-,25-,26-,29-/m0/s1. The molecule has 1 aliphatic heterocycles. The molecule has 4 N–H and O–H groups in total. The van der Waals surface area contributed by atoms with E-state index in [0.717, 1.165) is 5.70 Å². The first-order valence-electron chi connectivity index (χ1n) is 13.7. The van der Waals surface area contributed by atoms with Gasteiger partial charge in [0.2, 0.25) is 5.78 Å². The molecule has 0 aromatic carbocycles. The number of aliphatic hydroxyl groups is 1. The van der Waals surface area contributed by atoms with E-state index in [-0.39, 0.29) is 23.3 Å². The van der Waals surface area contributed by atoms with E-state index in [1.807, 2.05) is 38.8 Å². The molecular formula is C31H45N3O6. The van der Waals surface area contributed by atoms with Crippen molar-refractivity contribution >= 4 is 17.8 Å². The predicted molar refractivity (Wildman–Crippen MR) is 156 cm³/mol. The van der Waals surface area contributed by atoms with Gasteiger partial charge in [-0.3, -0.25) is 9.59 Å². The quantitative estimate of drug-likeness (QED) is 0.446. The number of allylic oxidation sites excluding steroid dienone is 4. The van der Waals surface area contributed by atoms with Crippen molar-refractivity contribution in [1.29, 1.82) is 0 Å². The molecule has 2 aliphatic rings. The third kappa shape index (κ3) is 8.53. The monoisotopic (exact) mass is 555 g/mol. The summed E-state index contributed by atoms with van der Waals surface area (Å²) in [7, 11) is 3.39. The van der Waals surface area contributed by atoms with Crippen LogP contribution >= 0.6 is 0 Å². The number of carbonyl (C=O) groups excluding carboxylic acids is 3. The van der Waals surface area contributed by atoms with E-state index in [4.69, 9.17) is 15.2 Å². The van der Waals surface area contributed by atoms with E-state index in [1.165, 1.54) is 7.11 Å². The highest BCUT2D eigenvalue weighted by Crippen LogP contribution is 2.32. The van der Waals surface area contributed by atoms with Crippen LogP contribution in [0.15, 0.2) is 70.6 Å². The number of ketones is 1. The molecule has 2 rings (SSSR count). The van der Waals surface area contributed by atoms with Crippen molar-refractivity contribution in [3.05, 3.63) is 70.6 Å². The number of nitrogens with one attached hydrogen (secondary N) is 1. The highest BCUT2D eigenvalue weighted by Gasteiger charge is 2.30. The molecule has 40 heavy (non-hydrogen) atoms. The molecule has 220 valence electrons. The Morgan fingerprint density at radius 2 is 1.93 bits per heavy atom. The number of methoxy groups -OCH3 is 1. The van der Waals surface area contributed by atoms with Gasteiger partial charge in [-0.05, 0) is 63.2 Å². The number of Topliss-reactive ketones (excluding diaryl/α,β-unsaturated/α-hetero) is 1. The lowest BCUT2D eigenvalue weighted by atomic mass is 9.85. The van der Waals surface area contributed by atoms with Crippen molar-refractivity contribution in [1.82, 2.24) is 10.2 Å². The van der Waals surface area contributed by atoms with E-state index >= 15 is 0 Å². The van der Waals surface area contributed by atoms with Crippen LogP contribution in [0, 0.1) is 11.8 Å². The molecule has 5 atom stereocenters. The minimum absolute atomic E-state index is 0.0747. The second-order valence-corrected chi connectivity index (χ2v) is 10.7. The van der Waals surface area contributed by atoms with Gasteiger partial charge in [-0.2, -0.15) is 0 Å². The average Bonchev–Trinajstić information content (AvgIpc) is 2.89. The van der Waals surface area contributed by atoms with Crippen LogP contribution in [0.25, 0.3) is 0 Å². The van der Waals surface area contributed by atoms with E-state index in [9.17, 15) is 19.5 Å². The number of nitrogens with zero attached hydrogens (tertiary/aromatic N) is 1. The maximum Gasteiger partial charge on any atom is 0.405 e. The number of carbonyl (C=O) groups is 3. The molecule has 1 aliphatic carbocycles. The van der Waals surface area contributed by atoms with E-state index in [2.05, 4.69) is 11.9 Å². The molecule has 1 heterocycles. The van der Waals surface area contributed by atoms with Crippen LogP contribution in [-0.4, -0.2) is 66.8 Å². The fourth-order valence-corrected chi connectivity index (χ4v) is 4.93. The summed E-state index contributed by atoms with van der Waals surface area (Å²) < 4.78 is 10.9. The molecule has 0 radical (unpaired) electrons. The topological polar surface area (TPSA) is 131 Å². The fraction of sp³-hybridized carbons (Fsp3) is 0.516. The Balaban J connectivity index is 2.56. The number of aliphatic hydroxyl groups excluding tert-OH is 1. The second kappa shape index (κ2) is 14.8. The zero-order valence-electron chi connectivity index (χ0n) is 24.8. The molecule has 0 saturated carbocycles. The Bertz CT molecular complexity index is 1150. The largest absolute Gasteiger partial charge is 0.439 e. The number of likely N-dealkylation sites (N-methyl/N-ethyl adjacent to an activating group) is 1. The molecule has 0 unspecified atom stereocenters. The van der Waals surface area contributed by atoms with Gasteiger partial charge in [0.25, 0.3) is 5.91 Å². The van der Waals surface area contributed by atoms with Crippen molar-refractivity contribution in [2.24, 2.45) is 17.6 Å². The zero-order valence-corrected chi connectivity index (χ0v) is 24.8. The molecule has 0 aromatic heterocycles. The summed E-state index contributed by atoms with van der Waals surface area (Å²) >= 11 is 0. The number of ether oxygens (including phenoxy) is 2. The molecule has 0 fully saturated rings. The van der Waals surface area contributed by atoms with Crippen molar-refractivity contribution in [3.8, 4) is 0 Å². The second-order valence-electron chi connectivity index (χ2n) is 10.7. The summed E-state index contributed by atoms with van der Waals surface area (Å²) in [4.78, 5) is 40.3. The van der Waals surface area contributed by atoms with Crippen molar-refractivity contribution in [2.45, 2.75) is 72.2 Å². The minimum Gasteiger partial charge on any atom is -0.439 e. The number of nitrogens with two attached hydrogens (primary N) is 1. The van der Waals surface area contributed by atoms with E-state index in [0.29, 0.717) is 48.1 Å². The molecule has 9 heteroatoms. The maximum absolute atomic E-state index is 13.6. The molecule has 9 nitrogen and oxygen atoms in total. The van der Waals surface area contributed by atoms with Crippen LogP contribution in [0.5, 0.6) is 0 Å². The Labute approximate surface area is 238 Å². The third-order valence-electron chi connectivity index (χ3n) is 7.44. The molecular weight excluding hydrogens is 510 g/mol. The number of rotatable bonds is 4. The number of hydrogen-bond donors (Lipinski definition) is 3. The summed E-state index contributed by atoms with van der Waals surface area (Å²) in [6, 6.07) is 0. The van der Waals surface area contributed by atoms with Crippen LogP contribution in [0.2, 0.25) is 0 Å². The summed E-state index contributed by atoms with van der Waals surface area (Å²) in [5.74, 6) is -0.833. The Morgan fingerprint density at radius 3 is 2.52 bits per heavy atom. The van der Waals surface area contributed by atoms with Crippen LogP contribution in [0.1, 0.15) is 53.9 Å². The van der Waals surface area contributed by atoms with Crippen LogP contribution in [0.3, 0.4) is 0 Å². The number of primary amides is 1. The zero-order chi connectivity index (χ0) is 30.1. The van der Waals surface area contributed by atoms with E-state index < -0.39 is 30.3 Å². The Morgan fingerprint density at radius 1 is 1.25 bits per heavy atom. The van der Waals surface area contributed by atoms with Crippen LogP contribution in [-0.2, 0) is 19.1 Å². The average molecular weight is 556 g/mol. The lowest BCUT2D eigenvalue weighted by Crippen LogP contribution is -2.35. The van der Waals surface area contributed by atoms with Crippen molar-refractivity contribution in [3.63, 3.8) is 0 Å². The first kappa shape index (κ1) is 32.8. The Hall–Kier alpha value is -3.43. The maximum atomic E-state index is 13.6. The highest BCUT2D eigenvalue weighted by molar-refractivity contribution is 6.13. The molecule has 0 aromatic rings. The summed E-state index contributed by atoms with van der Waals surface area (Å²) in [6.07, 6.45) is 6.84. The molecule has 0 spiro atoms. The van der Waals surface area contributed by atoms with Crippen molar-refractivity contribution in [2.75, 3.05) is 20.7 Å². The summed E-state index contributed by atoms with van der Waals surface area (Å²) in [6.45, 7) is 14.2. The predicted octanol–water partition coefficient (Wildman–Crippen LogP) is 4.08. The first-order chi connectivity index (χ1) is 18.8. The fourth-order valence-electron chi connectivity index (χ4n) is 4.93. The van der Waals surface area contributed by atoms with Gasteiger partial charge in [-0.1, -0.05) is 44.7 Å². The molecule has 2 bridgehead atoms. The smallest absolute Gasteiger partial charge is 0.405 e. The molecule has 0 saturated heterocycles. The van der Waals surface area contributed by atoms with E-state index in [1.54, 1.807) is 38.2 Å². The van der Waals surface area contributed by atoms with Gasteiger partial charge in [0.15, 0.2) is 6.10 Å². The van der Waals surface area contributed by atoms with Gasteiger partial charge in [-0.15, -0.1) is 0 Å². The minimum atomic E-state index is -0.951. The van der Waals surface area contributed by atoms with Gasteiger partial charge < -0.3 is 30.5 Å². The number of amides is 2. The van der Waals surface area contributed by atoms with Gasteiger partial charge in [0.1, 0.15) is 6.10 Å². The summed E-state index contributed by atoms with van der Waals surface area (Å²) in [5, 5.41) is 13.7. The lowest BCUT2D eigenvalue weighted by molar-refractivity contribution is -0.119. The molecule has 2 amide bonds. The highest BCUT2D eigenvalue weighted by atomic mass is 16.6. The lowest BCUT2D eigenvalue weighted by Gasteiger charge is -2.30. The third-order valence-corrected chi connectivity index (χ3v) is 7.44. The van der Waals surface area contributed by atoms with Gasteiger partial charge in [0, 0.05) is 37.8 Å². The number of hydrogen-bond acceptors (Lipinski definition) is 7. The van der Waals surface area contributed by atoms with Crippen LogP contribution in [0.4, 0.5) is 4.79 Å². The summed E-state index contributed by atoms with van der Waals surface area (Å²) in [5.41, 5.74) is 8.59. The van der Waals surface area contributed by atoms with Crippen LogP contribution < -0.4 is 11.1 Å². The van der Waals surface area contributed by atoms with Gasteiger partial charge in [-0.25, -0.2) is 4.79 Å². The van der Waals surface area contributed by atoms with Crippen molar-refractivity contribution < 1.29 is 29.0 Å². The van der Waals surface area contributed by atoms with Gasteiger partial charge >= 0.3 is 6.09 Å². The Kier molecular flexibility index (Phi) is 12.1. The van der Waals surface area contributed by atoms with Gasteiger partial charge in [0.05, 0.1) is 17.5 Å². The first-order valence-corrected chi connectivity index (χ1v) is 13.7. The SMILES string of the molecule is C=C1C=C2NC(=O)/C(C)=C/C=C\[C@H](OC)[C@@H](OC(N)=O)/C(C)=C/[C@H](C)[C@@H](O)CC[C@H](C)CC(=C1N(C)CC)C2=O. The number of fused-ring (bicyclic) bond motifs is 2. The normalized spacial score (nSPS) is 30.9.